The van der Waals surface area contributed by atoms with Gasteiger partial charge in [-0.1, -0.05) is 13.3 Å². The SMILES string of the molecule is CCCNC1(C#N)CCCC1CCOC1CCOCC1. The van der Waals surface area contributed by atoms with E-state index in [9.17, 15) is 5.26 Å². The molecule has 2 atom stereocenters. The summed E-state index contributed by atoms with van der Waals surface area (Å²) in [5.74, 6) is 0.443. The van der Waals surface area contributed by atoms with Crippen LogP contribution in [0.1, 0.15) is 51.9 Å². The highest BCUT2D eigenvalue weighted by atomic mass is 16.5. The number of nitriles is 1. The molecule has 20 heavy (non-hydrogen) atoms. The van der Waals surface area contributed by atoms with Crippen LogP contribution in [0.5, 0.6) is 0 Å². The molecular weight excluding hydrogens is 252 g/mol. The Morgan fingerprint density at radius 2 is 2.15 bits per heavy atom. The van der Waals surface area contributed by atoms with Gasteiger partial charge in [0, 0.05) is 19.8 Å². The molecule has 2 aliphatic rings. The molecule has 0 aromatic heterocycles. The van der Waals surface area contributed by atoms with Crippen molar-refractivity contribution in [3.8, 4) is 6.07 Å². The summed E-state index contributed by atoms with van der Waals surface area (Å²) in [6, 6.07) is 2.56. The van der Waals surface area contributed by atoms with E-state index in [4.69, 9.17) is 9.47 Å². The molecule has 1 heterocycles. The van der Waals surface area contributed by atoms with E-state index in [1.807, 2.05) is 0 Å². The summed E-state index contributed by atoms with van der Waals surface area (Å²) in [5, 5.41) is 13.1. The van der Waals surface area contributed by atoms with Gasteiger partial charge in [0.05, 0.1) is 12.2 Å². The molecule has 2 fully saturated rings. The average Bonchev–Trinajstić information content (AvgIpc) is 2.90. The number of hydrogen-bond donors (Lipinski definition) is 1. The molecule has 0 amide bonds. The molecule has 2 unspecified atom stereocenters. The van der Waals surface area contributed by atoms with Gasteiger partial charge in [-0.2, -0.15) is 5.26 Å². The highest BCUT2D eigenvalue weighted by molar-refractivity contribution is 5.14. The van der Waals surface area contributed by atoms with Crippen LogP contribution >= 0.6 is 0 Å². The van der Waals surface area contributed by atoms with E-state index < -0.39 is 0 Å². The van der Waals surface area contributed by atoms with Gasteiger partial charge in [0.15, 0.2) is 0 Å². The summed E-state index contributed by atoms with van der Waals surface area (Å²) in [6.07, 6.45) is 7.78. The molecular formula is C16H28N2O2. The molecule has 0 aromatic carbocycles. The zero-order valence-electron chi connectivity index (χ0n) is 12.7. The van der Waals surface area contributed by atoms with Gasteiger partial charge >= 0.3 is 0 Å². The number of nitrogens with one attached hydrogen (secondary N) is 1. The summed E-state index contributed by atoms with van der Waals surface area (Å²) in [4.78, 5) is 0. The third-order valence-corrected chi connectivity index (χ3v) is 4.70. The molecule has 4 nitrogen and oxygen atoms in total. The number of rotatable bonds is 7. The molecule has 0 aromatic rings. The summed E-state index contributed by atoms with van der Waals surface area (Å²) in [5.41, 5.74) is -0.297. The van der Waals surface area contributed by atoms with E-state index in [0.717, 1.165) is 71.3 Å². The predicted molar refractivity (Wildman–Crippen MR) is 78.4 cm³/mol. The molecule has 114 valence electrons. The summed E-state index contributed by atoms with van der Waals surface area (Å²) < 4.78 is 11.3. The first-order valence-corrected chi connectivity index (χ1v) is 8.16. The third-order valence-electron chi connectivity index (χ3n) is 4.70. The molecule has 0 radical (unpaired) electrons. The smallest absolute Gasteiger partial charge is 0.109 e. The Kier molecular flexibility index (Phi) is 6.28. The van der Waals surface area contributed by atoms with Crippen LogP contribution in [0.25, 0.3) is 0 Å². The highest BCUT2D eigenvalue weighted by Crippen LogP contribution is 2.37. The van der Waals surface area contributed by atoms with Crippen molar-refractivity contribution in [1.82, 2.24) is 5.32 Å². The van der Waals surface area contributed by atoms with Gasteiger partial charge in [0.2, 0.25) is 0 Å². The molecule has 0 spiro atoms. The van der Waals surface area contributed by atoms with Crippen LogP contribution in [0, 0.1) is 17.2 Å². The zero-order chi connectivity index (χ0) is 14.3. The molecule has 4 heteroatoms. The van der Waals surface area contributed by atoms with Crippen molar-refractivity contribution in [2.75, 3.05) is 26.4 Å². The van der Waals surface area contributed by atoms with Gasteiger partial charge in [-0.3, -0.25) is 5.32 Å². The van der Waals surface area contributed by atoms with Crippen molar-refractivity contribution < 1.29 is 9.47 Å². The Hall–Kier alpha value is -0.630. The second-order valence-corrected chi connectivity index (χ2v) is 6.07. The van der Waals surface area contributed by atoms with Crippen LogP contribution in [0.15, 0.2) is 0 Å². The van der Waals surface area contributed by atoms with Gasteiger partial charge in [0.1, 0.15) is 5.54 Å². The summed E-state index contributed by atoms with van der Waals surface area (Å²) >= 11 is 0. The van der Waals surface area contributed by atoms with E-state index in [2.05, 4.69) is 18.3 Å². The van der Waals surface area contributed by atoms with Gasteiger partial charge < -0.3 is 9.47 Å². The van der Waals surface area contributed by atoms with Gasteiger partial charge in [-0.15, -0.1) is 0 Å². The maximum absolute atomic E-state index is 9.59. The van der Waals surface area contributed by atoms with Crippen LogP contribution in [0.2, 0.25) is 0 Å². The Morgan fingerprint density at radius 1 is 1.35 bits per heavy atom. The van der Waals surface area contributed by atoms with Gasteiger partial charge in [-0.25, -0.2) is 0 Å². The molecule has 1 N–H and O–H groups in total. The van der Waals surface area contributed by atoms with Crippen molar-refractivity contribution >= 4 is 0 Å². The van der Waals surface area contributed by atoms with Crippen molar-refractivity contribution in [1.29, 1.82) is 5.26 Å². The highest BCUT2D eigenvalue weighted by Gasteiger charge is 2.42. The Labute approximate surface area is 122 Å². The molecule has 2 rings (SSSR count). The van der Waals surface area contributed by atoms with Crippen LogP contribution in [0.3, 0.4) is 0 Å². The second kappa shape index (κ2) is 7.97. The minimum atomic E-state index is -0.297. The predicted octanol–water partition coefficient (Wildman–Crippen LogP) is 2.63. The van der Waals surface area contributed by atoms with E-state index in [1.165, 1.54) is 0 Å². The Morgan fingerprint density at radius 3 is 2.85 bits per heavy atom. The lowest BCUT2D eigenvalue weighted by Crippen LogP contribution is -2.47. The average molecular weight is 280 g/mol. The summed E-state index contributed by atoms with van der Waals surface area (Å²) in [7, 11) is 0. The fourth-order valence-corrected chi connectivity index (χ4v) is 3.46. The van der Waals surface area contributed by atoms with E-state index in [0.29, 0.717) is 12.0 Å². The largest absolute Gasteiger partial charge is 0.381 e. The van der Waals surface area contributed by atoms with Crippen LogP contribution < -0.4 is 5.32 Å². The Balaban J connectivity index is 1.76. The number of nitrogens with zero attached hydrogens (tertiary/aromatic N) is 1. The van der Waals surface area contributed by atoms with E-state index in [-0.39, 0.29) is 5.54 Å². The lowest BCUT2D eigenvalue weighted by atomic mass is 9.86. The minimum absolute atomic E-state index is 0.297. The van der Waals surface area contributed by atoms with E-state index in [1.54, 1.807) is 0 Å². The fourth-order valence-electron chi connectivity index (χ4n) is 3.46. The first-order chi connectivity index (χ1) is 9.80. The van der Waals surface area contributed by atoms with E-state index >= 15 is 0 Å². The molecule has 1 aliphatic carbocycles. The molecule has 1 saturated carbocycles. The lowest BCUT2D eigenvalue weighted by molar-refractivity contribution is -0.0363. The molecule has 1 aliphatic heterocycles. The maximum atomic E-state index is 9.59. The van der Waals surface area contributed by atoms with Gasteiger partial charge in [-0.05, 0) is 51.0 Å². The van der Waals surface area contributed by atoms with Crippen LogP contribution in [0.4, 0.5) is 0 Å². The van der Waals surface area contributed by atoms with Crippen molar-refractivity contribution in [2.24, 2.45) is 5.92 Å². The quantitative estimate of drug-likeness (QED) is 0.779. The normalized spacial score (nSPS) is 31.3. The zero-order valence-corrected chi connectivity index (χ0v) is 12.7. The standard InChI is InChI=1S/C16H28N2O2/c1-2-9-18-16(13-17)8-3-4-14(16)5-12-20-15-6-10-19-11-7-15/h14-15,18H,2-12H2,1H3. The van der Waals surface area contributed by atoms with Gasteiger partial charge in [0.25, 0.3) is 0 Å². The topological polar surface area (TPSA) is 54.3 Å². The van der Waals surface area contributed by atoms with Crippen molar-refractivity contribution in [2.45, 2.75) is 63.5 Å². The summed E-state index contributed by atoms with van der Waals surface area (Å²) in [6.45, 7) is 5.52. The monoisotopic (exact) mass is 280 g/mol. The minimum Gasteiger partial charge on any atom is -0.381 e. The third kappa shape index (κ3) is 3.94. The number of hydrogen-bond acceptors (Lipinski definition) is 4. The van der Waals surface area contributed by atoms with Crippen LogP contribution in [-0.2, 0) is 9.47 Å². The number of ether oxygens (including phenoxy) is 2. The van der Waals surface area contributed by atoms with Crippen LogP contribution in [-0.4, -0.2) is 38.0 Å². The maximum Gasteiger partial charge on any atom is 0.109 e. The fraction of sp³-hybridized carbons (Fsp3) is 0.938. The Bertz CT molecular complexity index is 323. The second-order valence-electron chi connectivity index (χ2n) is 6.07. The molecule has 1 saturated heterocycles. The van der Waals surface area contributed by atoms with Crippen molar-refractivity contribution in [3.05, 3.63) is 0 Å². The van der Waals surface area contributed by atoms with Crippen molar-refractivity contribution in [3.63, 3.8) is 0 Å². The molecule has 0 bridgehead atoms. The first-order valence-electron chi connectivity index (χ1n) is 8.16. The lowest BCUT2D eigenvalue weighted by Gasteiger charge is -2.30. The first kappa shape index (κ1) is 15.8.